The molecule has 1 aliphatic rings. The number of hydrogen-bond donors (Lipinski definition) is 1. The Balaban J connectivity index is 2.37. The number of amides is 1. The van der Waals surface area contributed by atoms with E-state index in [0.29, 0.717) is 6.42 Å². The lowest BCUT2D eigenvalue weighted by molar-refractivity contribution is -0.117. The molecule has 68 valence electrons. The molecule has 2 heteroatoms. The molecule has 1 saturated carbocycles. The summed E-state index contributed by atoms with van der Waals surface area (Å²) < 4.78 is 0. The zero-order valence-electron chi connectivity index (χ0n) is 7.51. The molecular weight excluding hydrogens is 150 g/mol. The Morgan fingerprint density at radius 2 is 1.83 bits per heavy atom. The van der Waals surface area contributed by atoms with Gasteiger partial charge in [-0.15, -0.1) is 0 Å². The maximum Gasteiger partial charge on any atom is 0.221 e. The maximum absolute atomic E-state index is 10.5. The van der Waals surface area contributed by atoms with Crippen molar-refractivity contribution in [2.75, 3.05) is 0 Å². The van der Waals surface area contributed by atoms with E-state index in [4.69, 9.17) is 5.73 Å². The van der Waals surface area contributed by atoms with Crippen LogP contribution in [0.4, 0.5) is 0 Å². The van der Waals surface area contributed by atoms with Gasteiger partial charge in [0.1, 0.15) is 0 Å². The van der Waals surface area contributed by atoms with Crippen LogP contribution in [0.15, 0.2) is 11.6 Å². The molecule has 0 radical (unpaired) electrons. The molecule has 0 unspecified atom stereocenters. The van der Waals surface area contributed by atoms with Gasteiger partial charge >= 0.3 is 0 Å². The van der Waals surface area contributed by atoms with Crippen molar-refractivity contribution in [2.24, 2.45) is 5.73 Å². The number of carbonyl (C=O) groups is 1. The third kappa shape index (κ3) is 3.56. The van der Waals surface area contributed by atoms with Crippen LogP contribution in [-0.4, -0.2) is 5.91 Å². The van der Waals surface area contributed by atoms with Crippen LogP contribution >= 0.6 is 0 Å². The minimum Gasteiger partial charge on any atom is -0.369 e. The average molecular weight is 167 g/mol. The van der Waals surface area contributed by atoms with Crippen molar-refractivity contribution in [3.05, 3.63) is 11.6 Å². The predicted molar refractivity (Wildman–Crippen MR) is 49.6 cm³/mol. The standard InChI is InChI=1S/C10H17NO/c11-10(12)8-7-9-5-3-1-2-4-6-9/h7H,1-6,8H2,(H2,11,12). The van der Waals surface area contributed by atoms with Gasteiger partial charge in [-0.25, -0.2) is 0 Å². The molecule has 0 saturated heterocycles. The van der Waals surface area contributed by atoms with E-state index in [1.807, 2.05) is 6.08 Å². The Morgan fingerprint density at radius 1 is 1.25 bits per heavy atom. The summed E-state index contributed by atoms with van der Waals surface area (Å²) in [5, 5.41) is 0. The number of carbonyl (C=O) groups excluding carboxylic acids is 1. The monoisotopic (exact) mass is 167 g/mol. The van der Waals surface area contributed by atoms with Gasteiger partial charge in [0.2, 0.25) is 5.91 Å². The van der Waals surface area contributed by atoms with Gasteiger partial charge in [0.15, 0.2) is 0 Å². The number of rotatable bonds is 2. The van der Waals surface area contributed by atoms with Crippen LogP contribution in [-0.2, 0) is 4.79 Å². The molecule has 0 aromatic carbocycles. The topological polar surface area (TPSA) is 43.1 Å². The molecule has 0 heterocycles. The van der Waals surface area contributed by atoms with Gasteiger partial charge in [-0.1, -0.05) is 24.5 Å². The molecule has 2 nitrogen and oxygen atoms in total. The quantitative estimate of drug-likeness (QED) is 0.497. The van der Waals surface area contributed by atoms with Crippen LogP contribution in [0.25, 0.3) is 0 Å². The van der Waals surface area contributed by atoms with Crippen LogP contribution in [0.1, 0.15) is 44.9 Å². The Hall–Kier alpha value is -0.790. The molecule has 0 aromatic rings. The van der Waals surface area contributed by atoms with Crippen molar-refractivity contribution in [1.29, 1.82) is 0 Å². The summed E-state index contributed by atoms with van der Waals surface area (Å²) in [7, 11) is 0. The fourth-order valence-electron chi connectivity index (χ4n) is 1.63. The summed E-state index contributed by atoms with van der Waals surface area (Å²) in [6, 6.07) is 0. The zero-order valence-corrected chi connectivity index (χ0v) is 7.51. The average Bonchev–Trinajstić information content (AvgIpc) is 2.28. The highest BCUT2D eigenvalue weighted by Gasteiger charge is 2.03. The lowest BCUT2D eigenvalue weighted by atomic mass is 10.1. The second-order valence-corrected chi connectivity index (χ2v) is 3.45. The summed E-state index contributed by atoms with van der Waals surface area (Å²) in [5.74, 6) is -0.216. The SMILES string of the molecule is NC(=O)CC=C1CCCCCC1. The first-order valence-corrected chi connectivity index (χ1v) is 4.75. The van der Waals surface area contributed by atoms with Crippen molar-refractivity contribution in [3.63, 3.8) is 0 Å². The Bertz CT molecular complexity index is 174. The van der Waals surface area contributed by atoms with E-state index >= 15 is 0 Å². The Kier molecular flexibility index (Phi) is 3.85. The van der Waals surface area contributed by atoms with Crippen molar-refractivity contribution in [2.45, 2.75) is 44.9 Å². The first-order valence-electron chi connectivity index (χ1n) is 4.75. The van der Waals surface area contributed by atoms with E-state index in [9.17, 15) is 4.79 Å². The maximum atomic E-state index is 10.5. The molecule has 0 atom stereocenters. The van der Waals surface area contributed by atoms with E-state index in [-0.39, 0.29) is 5.91 Å². The third-order valence-corrected chi connectivity index (χ3v) is 2.34. The summed E-state index contributed by atoms with van der Waals surface area (Å²) in [6.07, 6.45) is 10.0. The van der Waals surface area contributed by atoms with Crippen LogP contribution in [0.5, 0.6) is 0 Å². The van der Waals surface area contributed by atoms with Crippen molar-refractivity contribution < 1.29 is 4.79 Å². The van der Waals surface area contributed by atoms with Crippen LogP contribution in [0, 0.1) is 0 Å². The van der Waals surface area contributed by atoms with Gasteiger partial charge in [-0.3, -0.25) is 4.79 Å². The molecule has 0 aliphatic heterocycles. The second-order valence-electron chi connectivity index (χ2n) is 3.45. The molecule has 0 spiro atoms. The van der Waals surface area contributed by atoms with E-state index in [2.05, 4.69) is 0 Å². The number of hydrogen-bond acceptors (Lipinski definition) is 1. The van der Waals surface area contributed by atoms with Gasteiger partial charge in [0, 0.05) is 6.42 Å². The minimum atomic E-state index is -0.216. The smallest absolute Gasteiger partial charge is 0.221 e. The lowest BCUT2D eigenvalue weighted by Crippen LogP contribution is -2.08. The molecule has 1 amide bonds. The Labute approximate surface area is 73.8 Å². The predicted octanol–water partition coefficient (Wildman–Crippen LogP) is 2.14. The highest BCUT2D eigenvalue weighted by Crippen LogP contribution is 2.21. The zero-order chi connectivity index (χ0) is 8.81. The fourth-order valence-corrected chi connectivity index (χ4v) is 1.63. The first kappa shape index (κ1) is 9.30. The minimum absolute atomic E-state index is 0.216. The van der Waals surface area contributed by atoms with Crippen LogP contribution < -0.4 is 5.73 Å². The normalized spacial score (nSPS) is 18.5. The van der Waals surface area contributed by atoms with Crippen molar-refractivity contribution in [1.82, 2.24) is 0 Å². The molecule has 1 rings (SSSR count). The fraction of sp³-hybridized carbons (Fsp3) is 0.700. The van der Waals surface area contributed by atoms with Crippen LogP contribution in [0.3, 0.4) is 0 Å². The van der Waals surface area contributed by atoms with Gasteiger partial charge in [-0.2, -0.15) is 0 Å². The van der Waals surface area contributed by atoms with Crippen molar-refractivity contribution in [3.8, 4) is 0 Å². The Morgan fingerprint density at radius 3 is 2.33 bits per heavy atom. The molecule has 0 aromatic heterocycles. The molecule has 1 aliphatic carbocycles. The van der Waals surface area contributed by atoms with Gasteiger partial charge in [-0.05, 0) is 25.7 Å². The highest BCUT2D eigenvalue weighted by molar-refractivity contribution is 5.75. The van der Waals surface area contributed by atoms with E-state index in [0.717, 1.165) is 0 Å². The van der Waals surface area contributed by atoms with Gasteiger partial charge < -0.3 is 5.73 Å². The van der Waals surface area contributed by atoms with E-state index in [1.54, 1.807) is 0 Å². The molecule has 1 fully saturated rings. The number of allylic oxidation sites excluding steroid dienone is 1. The van der Waals surface area contributed by atoms with Crippen molar-refractivity contribution >= 4 is 5.91 Å². The number of primary amides is 1. The van der Waals surface area contributed by atoms with Crippen LogP contribution in [0.2, 0.25) is 0 Å². The highest BCUT2D eigenvalue weighted by atomic mass is 16.1. The molecular formula is C10H17NO. The summed E-state index contributed by atoms with van der Waals surface area (Å²) in [6.45, 7) is 0. The largest absolute Gasteiger partial charge is 0.369 e. The lowest BCUT2D eigenvalue weighted by Gasteiger charge is -2.00. The summed E-state index contributed by atoms with van der Waals surface area (Å²) in [5.41, 5.74) is 6.50. The molecule has 12 heavy (non-hydrogen) atoms. The van der Waals surface area contributed by atoms with E-state index < -0.39 is 0 Å². The molecule has 0 bridgehead atoms. The number of nitrogens with two attached hydrogens (primary N) is 1. The third-order valence-electron chi connectivity index (χ3n) is 2.34. The van der Waals surface area contributed by atoms with Gasteiger partial charge in [0.25, 0.3) is 0 Å². The summed E-state index contributed by atoms with van der Waals surface area (Å²) in [4.78, 5) is 10.5. The first-order chi connectivity index (χ1) is 5.79. The summed E-state index contributed by atoms with van der Waals surface area (Å²) >= 11 is 0. The second kappa shape index (κ2) is 4.96. The molecule has 2 N–H and O–H groups in total. The van der Waals surface area contributed by atoms with Gasteiger partial charge in [0.05, 0.1) is 0 Å². The van der Waals surface area contributed by atoms with E-state index in [1.165, 1.54) is 44.1 Å².